The molecule has 2 N–H and O–H groups in total. The van der Waals surface area contributed by atoms with E-state index in [1.807, 2.05) is 6.07 Å². The first kappa shape index (κ1) is 13.0. The molecule has 0 spiro atoms. The van der Waals surface area contributed by atoms with Crippen molar-refractivity contribution in [2.45, 2.75) is 38.0 Å². The predicted molar refractivity (Wildman–Crippen MR) is 84.4 cm³/mol. The maximum absolute atomic E-state index is 5.94. The molecule has 21 heavy (non-hydrogen) atoms. The molecule has 2 unspecified atom stereocenters. The Labute approximate surface area is 124 Å². The molecule has 1 saturated heterocycles. The van der Waals surface area contributed by atoms with Crippen LogP contribution in [0.4, 0.5) is 5.69 Å². The van der Waals surface area contributed by atoms with E-state index in [4.69, 9.17) is 10.5 Å². The van der Waals surface area contributed by atoms with Crippen LogP contribution in [0.1, 0.15) is 25.0 Å². The monoisotopic (exact) mass is 283 g/mol. The van der Waals surface area contributed by atoms with Crippen LogP contribution in [-0.2, 0) is 11.3 Å². The zero-order chi connectivity index (χ0) is 14.2. The molecule has 2 heterocycles. The summed E-state index contributed by atoms with van der Waals surface area (Å²) in [7, 11) is 0. The van der Waals surface area contributed by atoms with Gasteiger partial charge in [-0.2, -0.15) is 0 Å². The van der Waals surface area contributed by atoms with Gasteiger partial charge in [0, 0.05) is 24.2 Å². The normalized spacial score (nSPS) is 25.3. The Hall–Kier alpha value is -1.65. The van der Waals surface area contributed by atoms with Gasteiger partial charge in [-0.3, -0.25) is 4.98 Å². The second-order valence-corrected chi connectivity index (χ2v) is 5.95. The van der Waals surface area contributed by atoms with E-state index >= 15 is 0 Å². The topological polar surface area (TPSA) is 51.4 Å². The van der Waals surface area contributed by atoms with Crippen LogP contribution in [0.3, 0.4) is 0 Å². The lowest BCUT2D eigenvalue weighted by molar-refractivity contribution is 0.0257. The van der Waals surface area contributed by atoms with E-state index in [2.05, 4.69) is 34.1 Å². The fourth-order valence-corrected chi connectivity index (χ4v) is 3.78. The van der Waals surface area contributed by atoms with Crippen molar-refractivity contribution in [1.29, 1.82) is 0 Å². The third-order valence-electron chi connectivity index (χ3n) is 4.75. The van der Waals surface area contributed by atoms with Crippen molar-refractivity contribution < 1.29 is 4.74 Å². The highest BCUT2D eigenvalue weighted by Gasteiger charge is 2.36. The smallest absolute Gasteiger partial charge is 0.0779 e. The first-order chi connectivity index (χ1) is 10.4. The molecule has 4 rings (SSSR count). The minimum Gasteiger partial charge on any atom is -0.374 e. The third-order valence-corrected chi connectivity index (χ3v) is 4.75. The molecule has 2 aromatic rings. The minimum atomic E-state index is 0.395. The van der Waals surface area contributed by atoms with Crippen molar-refractivity contribution in [3.8, 4) is 0 Å². The molecular formula is C17H21N3O. The van der Waals surface area contributed by atoms with Gasteiger partial charge >= 0.3 is 0 Å². The number of benzene rings is 1. The second-order valence-electron chi connectivity index (χ2n) is 5.95. The molecule has 1 saturated carbocycles. The highest BCUT2D eigenvalue weighted by Crippen LogP contribution is 2.36. The summed E-state index contributed by atoms with van der Waals surface area (Å²) < 4.78 is 5.94. The lowest BCUT2D eigenvalue weighted by atomic mass is 10.1. The van der Waals surface area contributed by atoms with Crippen LogP contribution in [0.2, 0.25) is 0 Å². The molecule has 2 aliphatic rings. The summed E-state index contributed by atoms with van der Waals surface area (Å²) in [6.45, 7) is 2.26. The van der Waals surface area contributed by atoms with Crippen molar-refractivity contribution in [2.75, 3.05) is 18.1 Å². The zero-order valence-corrected chi connectivity index (χ0v) is 12.2. The van der Waals surface area contributed by atoms with Gasteiger partial charge < -0.3 is 15.4 Å². The number of pyridine rings is 1. The second kappa shape index (κ2) is 5.28. The summed E-state index contributed by atoms with van der Waals surface area (Å²) in [6, 6.07) is 11.0. The summed E-state index contributed by atoms with van der Waals surface area (Å²) >= 11 is 0. The number of hydrogen-bond acceptors (Lipinski definition) is 4. The molecule has 0 bridgehead atoms. The number of nitrogens with two attached hydrogens (primary N) is 1. The van der Waals surface area contributed by atoms with Crippen LogP contribution in [-0.4, -0.2) is 30.3 Å². The Kier molecular flexibility index (Phi) is 3.28. The molecule has 110 valence electrons. The van der Waals surface area contributed by atoms with Gasteiger partial charge in [-0.05, 0) is 31.4 Å². The fraction of sp³-hybridized carbons (Fsp3) is 0.471. The lowest BCUT2D eigenvalue weighted by Crippen LogP contribution is -2.48. The Morgan fingerprint density at radius 2 is 2.19 bits per heavy atom. The number of para-hydroxylation sites is 1. The SMILES string of the molecule is NCc1cc(N2CCOC3CCCC32)c2ccccc2n1. The molecule has 1 aromatic carbocycles. The molecule has 4 nitrogen and oxygen atoms in total. The Morgan fingerprint density at radius 1 is 1.29 bits per heavy atom. The highest BCUT2D eigenvalue weighted by molar-refractivity contribution is 5.92. The van der Waals surface area contributed by atoms with Gasteiger partial charge in [-0.25, -0.2) is 0 Å². The van der Waals surface area contributed by atoms with Gasteiger partial charge in [0.2, 0.25) is 0 Å². The van der Waals surface area contributed by atoms with E-state index in [-0.39, 0.29) is 0 Å². The Bertz CT molecular complexity index is 658. The van der Waals surface area contributed by atoms with Crippen LogP contribution < -0.4 is 10.6 Å². The van der Waals surface area contributed by atoms with Crippen molar-refractivity contribution in [2.24, 2.45) is 5.73 Å². The Balaban J connectivity index is 1.84. The number of hydrogen-bond donors (Lipinski definition) is 1. The van der Waals surface area contributed by atoms with Crippen LogP contribution in [0.15, 0.2) is 30.3 Å². The number of aromatic nitrogens is 1. The fourth-order valence-electron chi connectivity index (χ4n) is 3.78. The largest absolute Gasteiger partial charge is 0.374 e. The van der Waals surface area contributed by atoms with Crippen LogP contribution in [0.25, 0.3) is 10.9 Å². The van der Waals surface area contributed by atoms with Crippen molar-refractivity contribution >= 4 is 16.6 Å². The van der Waals surface area contributed by atoms with Crippen LogP contribution in [0.5, 0.6) is 0 Å². The number of morpholine rings is 1. The molecular weight excluding hydrogens is 262 g/mol. The van der Waals surface area contributed by atoms with Gasteiger partial charge in [0.05, 0.1) is 30.0 Å². The number of fused-ring (bicyclic) bond motifs is 2. The van der Waals surface area contributed by atoms with Gasteiger partial charge in [0.25, 0.3) is 0 Å². The summed E-state index contributed by atoms with van der Waals surface area (Å²) in [6.07, 6.45) is 4.07. The average Bonchev–Trinajstić information content (AvgIpc) is 3.02. The van der Waals surface area contributed by atoms with E-state index in [0.717, 1.165) is 24.4 Å². The van der Waals surface area contributed by atoms with E-state index in [1.165, 1.54) is 30.3 Å². The molecule has 4 heteroatoms. The molecule has 0 amide bonds. The molecule has 2 fully saturated rings. The molecule has 1 aromatic heterocycles. The summed E-state index contributed by atoms with van der Waals surface area (Å²) in [5.74, 6) is 0. The third kappa shape index (κ3) is 2.19. The minimum absolute atomic E-state index is 0.395. The number of ether oxygens (including phenoxy) is 1. The first-order valence-corrected chi connectivity index (χ1v) is 7.84. The van der Waals surface area contributed by atoms with Gasteiger partial charge in [0.1, 0.15) is 0 Å². The highest BCUT2D eigenvalue weighted by atomic mass is 16.5. The van der Waals surface area contributed by atoms with Gasteiger partial charge in [0.15, 0.2) is 0 Å². The standard InChI is InChI=1S/C17H21N3O/c18-11-12-10-16(13-4-1-2-5-14(13)19-12)20-8-9-21-17-7-3-6-15(17)20/h1-2,4-5,10,15,17H,3,6-9,11,18H2. The van der Waals surface area contributed by atoms with Crippen molar-refractivity contribution in [3.63, 3.8) is 0 Å². The summed E-state index contributed by atoms with van der Waals surface area (Å²) in [4.78, 5) is 7.18. The quantitative estimate of drug-likeness (QED) is 0.920. The summed E-state index contributed by atoms with van der Waals surface area (Å²) in [5.41, 5.74) is 9.12. The first-order valence-electron chi connectivity index (χ1n) is 7.84. The summed E-state index contributed by atoms with van der Waals surface area (Å²) in [5, 5.41) is 1.22. The molecule has 1 aliphatic carbocycles. The Morgan fingerprint density at radius 3 is 3.10 bits per heavy atom. The maximum Gasteiger partial charge on any atom is 0.0779 e. The van der Waals surface area contributed by atoms with E-state index in [1.54, 1.807) is 0 Å². The number of nitrogens with zero attached hydrogens (tertiary/aromatic N) is 2. The lowest BCUT2D eigenvalue weighted by Gasteiger charge is -2.40. The molecule has 2 atom stereocenters. The average molecular weight is 283 g/mol. The van der Waals surface area contributed by atoms with Crippen molar-refractivity contribution in [1.82, 2.24) is 4.98 Å². The molecule has 1 aliphatic heterocycles. The van der Waals surface area contributed by atoms with Gasteiger partial charge in [-0.1, -0.05) is 18.2 Å². The van der Waals surface area contributed by atoms with E-state index in [0.29, 0.717) is 18.7 Å². The number of rotatable bonds is 2. The van der Waals surface area contributed by atoms with Crippen molar-refractivity contribution in [3.05, 3.63) is 36.0 Å². The van der Waals surface area contributed by atoms with Gasteiger partial charge in [-0.15, -0.1) is 0 Å². The van der Waals surface area contributed by atoms with Crippen LogP contribution >= 0.6 is 0 Å². The molecule has 0 radical (unpaired) electrons. The maximum atomic E-state index is 5.94. The van der Waals surface area contributed by atoms with E-state index in [9.17, 15) is 0 Å². The number of anilines is 1. The zero-order valence-electron chi connectivity index (χ0n) is 12.2. The predicted octanol–water partition coefficient (Wildman–Crippen LogP) is 2.45. The van der Waals surface area contributed by atoms with Crippen LogP contribution in [0, 0.1) is 0 Å². The van der Waals surface area contributed by atoms with E-state index < -0.39 is 0 Å².